The van der Waals surface area contributed by atoms with Gasteiger partial charge in [-0.2, -0.15) is 5.26 Å². The number of hydrogen-bond donors (Lipinski definition) is 0. The second-order valence-electron chi connectivity index (χ2n) is 11.4. The molecule has 39 heavy (non-hydrogen) atoms. The van der Waals surface area contributed by atoms with Crippen molar-refractivity contribution in [3.05, 3.63) is 105 Å². The standard InChI is InChI=1S/C34H35F4N/c1-2-3-21-4-11-26(30(35)19-21)12-5-22-8-17-28-29(18-22)33(37)34(38)31(32(28)36)27-15-13-25(14-16-27)24-9-6-23(20-39)7-10-24/h4,6-7,9-11,19,22,25,27H,2-3,5,8,12-18H2,1H3. The monoisotopic (exact) mass is 533 g/mol. The van der Waals surface area contributed by atoms with Crippen LogP contribution in [-0.4, -0.2) is 0 Å². The summed E-state index contributed by atoms with van der Waals surface area (Å²) in [4.78, 5) is 0. The first-order valence-corrected chi connectivity index (χ1v) is 14.3. The summed E-state index contributed by atoms with van der Waals surface area (Å²) in [5, 5.41) is 9.01. The molecule has 0 heterocycles. The number of nitriles is 1. The summed E-state index contributed by atoms with van der Waals surface area (Å²) in [6, 6.07) is 15.0. The molecule has 1 atom stereocenters. The van der Waals surface area contributed by atoms with Crippen molar-refractivity contribution in [2.45, 2.75) is 89.4 Å². The summed E-state index contributed by atoms with van der Waals surface area (Å²) in [7, 11) is 0. The molecule has 1 saturated carbocycles. The molecule has 0 bridgehead atoms. The lowest BCUT2D eigenvalue weighted by molar-refractivity contribution is 0.354. The molecular formula is C34H35F4N. The molecule has 2 aliphatic carbocycles. The fourth-order valence-corrected chi connectivity index (χ4v) is 6.73. The summed E-state index contributed by atoms with van der Waals surface area (Å²) in [6.07, 6.45) is 7.09. The highest BCUT2D eigenvalue weighted by molar-refractivity contribution is 5.41. The molecule has 5 heteroatoms. The molecule has 2 aliphatic rings. The zero-order chi connectivity index (χ0) is 27.5. The SMILES string of the molecule is CCCc1ccc(CCC2CCc3c(F)c(C4CCC(c5ccc(C#N)cc5)CC4)c(F)c(F)c3C2)c(F)c1. The van der Waals surface area contributed by atoms with Crippen LogP contribution in [0.3, 0.4) is 0 Å². The third-order valence-corrected chi connectivity index (χ3v) is 8.98. The largest absolute Gasteiger partial charge is 0.207 e. The van der Waals surface area contributed by atoms with E-state index in [1.807, 2.05) is 24.3 Å². The molecule has 204 valence electrons. The molecule has 0 aromatic heterocycles. The number of fused-ring (bicyclic) bond motifs is 1. The molecule has 0 spiro atoms. The number of aryl methyl sites for hydroxylation is 2. The Morgan fingerprint density at radius 2 is 1.51 bits per heavy atom. The van der Waals surface area contributed by atoms with Crippen LogP contribution >= 0.6 is 0 Å². The van der Waals surface area contributed by atoms with Gasteiger partial charge in [-0.05, 0) is 128 Å². The van der Waals surface area contributed by atoms with Gasteiger partial charge in [-0.25, -0.2) is 17.6 Å². The second-order valence-corrected chi connectivity index (χ2v) is 11.4. The highest BCUT2D eigenvalue weighted by atomic mass is 19.2. The van der Waals surface area contributed by atoms with Gasteiger partial charge in [-0.1, -0.05) is 37.6 Å². The van der Waals surface area contributed by atoms with Gasteiger partial charge in [-0.3, -0.25) is 0 Å². The molecular weight excluding hydrogens is 498 g/mol. The highest BCUT2D eigenvalue weighted by Gasteiger charge is 2.34. The topological polar surface area (TPSA) is 23.8 Å². The molecule has 3 aromatic carbocycles. The normalized spacial score (nSPS) is 20.9. The van der Waals surface area contributed by atoms with E-state index in [1.54, 1.807) is 18.2 Å². The second kappa shape index (κ2) is 11.9. The van der Waals surface area contributed by atoms with Gasteiger partial charge in [0.05, 0.1) is 11.6 Å². The third-order valence-electron chi connectivity index (χ3n) is 8.98. The average Bonchev–Trinajstić information content (AvgIpc) is 2.96. The number of rotatable bonds is 7. The number of benzene rings is 3. The molecule has 1 nitrogen and oxygen atoms in total. The van der Waals surface area contributed by atoms with E-state index >= 15 is 13.2 Å². The van der Waals surface area contributed by atoms with Crippen LogP contribution in [0.2, 0.25) is 0 Å². The maximum atomic E-state index is 15.7. The van der Waals surface area contributed by atoms with Crippen LogP contribution in [0, 0.1) is 40.5 Å². The first kappa shape index (κ1) is 27.4. The van der Waals surface area contributed by atoms with Crippen LogP contribution in [0.15, 0.2) is 42.5 Å². The van der Waals surface area contributed by atoms with E-state index in [4.69, 9.17) is 5.26 Å². The van der Waals surface area contributed by atoms with Crippen molar-refractivity contribution in [1.29, 1.82) is 5.26 Å². The van der Waals surface area contributed by atoms with E-state index in [9.17, 15) is 4.39 Å². The lowest BCUT2D eigenvalue weighted by Gasteiger charge is -2.32. The van der Waals surface area contributed by atoms with Crippen molar-refractivity contribution < 1.29 is 17.6 Å². The zero-order valence-corrected chi connectivity index (χ0v) is 22.5. The van der Waals surface area contributed by atoms with E-state index < -0.39 is 17.5 Å². The maximum Gasteiger partial charge on any atom is 0.165 e. The predicted molar refractivity (Wildman–Crippen MR) is 146 cm³/mol. The van der Waals surface area contributed by atoms with Gasteiger partial charge < -0.3 is 0 Å². The smallest absolute Gasteiger partial charge is 0.165 e. The predicted octanol–water partition coefficient (Wildman–Crippen LogP) is 9.25. The van der Waals surface area contributed by atoms with Crippen molar-refractivity contribution in [2.24, 2.45) is 5.92 Å². The van der Waals surface area contributed by atoms with Crippen molar-refractivity contribution >= 4 is 0 Å². The number of halogens is 4. The van der Waals surface area contributed by atoms with Gasteiger partial charge in [0, 0.05) is 5.56 Å². The molecule has 0 aliphatic heterocycles. The Labute approximate surface area is 228 Å². The summed E-state index contributed by atoms with van der Waals surface area (Å²) in [5.41, 5.74) is 3.81. The van der Waals surface area contributed by atoms with Crippen LogP contribution in [-0.2, 0) is 25.7 Å². The van der Waals surface area contributed by atoms with Gasteiger partial charge >= 0.3 is 0 Å². The molecule has 1 fully saturated rings. The van der Waals surface area contributed by atoms with Gasteiger partial charge in [0.2, 0.25) is 0 Å². The Hall–Kier alpha value is -3.13. The Kier molecular flexibility index (Phi) is 8.40. The van der Waals surface area contributed by atoms with Crippen LogP contribution in [0.25, 0.3) is 0 Å². The molecule has 5 rings (SSSR count). The number of hydrogen-bond acceptors (Lipinski definition) is 1. The Balaban J connectivity index is 1.26. The van der Waals surface area contributed by atoms with Gasteiger partial charge in [-0.15, -0.1) is 0 Å². The summed E-state index contributed by atoms with van der Waals surface area (Å²) < 4.78 is 61.0. The lowest BCUT2D eigenvalue weighted by Crippen LogP contribution is -2.22. The molecule has 1 unspecified atom stereocenters. The van der Waals surface area contributed by atoms with E-state index in [-0.39, 0.29) is 41.1 Å². The average molecular weight is 534 g/mol. The Morgan fingerprint density at radius 1 is 0.795 bits per heavy atom. The first-order valence-electron chi connectivity index (χ1n) is 14.3. The minimum atomic E-state index is -1.02. The van der Waals surface area contributed by atoms with Crippen molar-refractivity contribution in [1.82, 2.24) is 0 Å². The highest BCUT2D eigenvalue weighted by Crippen LogP contribution is 2.44. The van der Waals surface area contributed by atoms with Crippen LogP contribution in [0.4, 0.5) is 17.6 Å². The maximum absolute atomic E-state index is 15.7. The van der Waals surface area contributed by atoms with Crippen LogP contribution < -0.4 is 0 Å². The fourth-order valence-electron chi connectivity index (χ4n) is 6.73. The van der Waals surface area contributed by atoms with E-state index in [0.717, 1.165) is 36.8 Å². The van der Waals surface area contributed by atoms with Gasteiger partial charge in [0.1, 0.15) is 11.6 Å². The van der Waals surface area contributed by atoms with Crippen molar-refractivity contribution in [2.75, 3.05) is 0 Å². The minimum absolute atomic E-state index is 0.0641. The molecule has 3 aromatic rings. The van der Waals surface area contributed by atoms with Crippen molar-refractivity contribution in [3.8, 4) is 6.07 Å². The van der Waals surface area contributed by atoms with E-state index in [1.165, 1.54) is 0 Å². The summed E-state index contributed by atoms with van der Waals surface area (Å²) in [6.45, 7) is 2.06. The zero-order valence-electron chi connectivity index (χ0n) is 22.5. The van der Waals surface area contributed by atoms with Gasteiger partial charge in [0.25, 0.3) is 0 Å². The summed E-state index contributed by atoms with van der Waals surface area (Å²) in [5.74, 6) is -2.68. The molecule has 0 radical (unpaired) electrons. The van der Waals surface area contributed by atoms with Crippen molar-refractivity contribution in [3.63, 3.8) is 0 Å². The molecule has 0 saturated heterocycles. The lowest BCUT2D eigenvalue weighted by atomic mass is 9.73. The molecule has 0 N–H and O–H groups in total. The van der Waals surface area contributed by atoms with Gasteiger partial charge in [0.15, 0.2) is 11.6 Å². The summed E-state index contributed by atoms with van der Waals surface area (Å²) >= 11 is 0. The Bertz CT molecular complexity index is 1360. The minimum Gasteiger partial charge on any atom is -0.207 e. The third kappa shape index (κ3) is 5.76. The fraction of sp³-hybridized carbons (Fsp3) is 0.441. The first-order chi connectivity index (χ1) is 18.9. The van der Waals surface area contributed by atoms with E-state index in [0.29, 0.717) is 55.2 Å². The van der Waals surface area contributed by atoms with Crippen LogP contribution in [0.1, 0.15) is 103 Å². The van der Waals surface area contributed by atoms with E-state index in [2.05, 4.69) is 13.0 Å². The van der Waals surface area contributed by atoms with Crippen LogP contribution in [0.5, 0.6) is 0 Å². The molecule has 0 amide bonds. The quantitative estimate of drug-likeness (QED) is 0.219. The number of nitrogens with zero attached hydrogens (tertiary/aromatic N) is 1. The Morgan fingerprint density at radius 3 is 2.18 bits per heavy atom.